The molecule has 0 bridgehead atoms. The van der Waals surface area contributed by atoms with Gasteiger partial charge in [-0.25, -0.2) is 0 Å². The van der Waals surface area contributed by atoms with Gasteiger partial charge in [-0.2, -0.15) is 0 Å². The number of nitrogens with zero attached hydrogens (tertiary/aromatic N) is 1. The minimum atomic E-state index is -0.337. The topological polar surface area (TPSA) is 4.93 Å². The standard InChI is InChI=1S/C51H43N/c1-49(2,3)44-31-30-33(46-38-23-12-16-29-45(38)52(48(44)46)34-18-7-6-8-19-34)32-50(4,5)42-27-17-28-43-47(42)37-22-11-15-26-41(37)51(43)39-24-13-9-20-35(39)36-21-10-14-25-40(36)51/h6-31H,32H2,1-5H3. The minimum absolute atomic E-state index is 0.0284. The van der Waals surface area contributed by atoms with Crippen molar-refractivity contribution in [2.75, 3.05) is 0 Å². The fraction of sp³-hybridized carbons (Fsp3) is 0.176. The predicted molar refractivity (Wildman–Crippen MR) is 219 cm³/mol. The summed E-state index contributed by atoms with van der Waals surface area (Å²) in [6.45, 7) is 12.0. The van der Waals surface area contributed by atoms with Crippen LogP contribution in [0, 0.1) is 0 Å². The lowest BCUT2D eigenvalue weighted by atomic mass is 9.69. The average Bonchev–Trinajstić information content (AvgIpc) is 3.77. The highest BCUT2D eigenvalue weighted by Crippen LogP contribution is 2.64. The van der Waals surface area contributed by atoms with E-state index in [0.29, 0.717) is 0 Å². The molecule has 0 fully saturated rings. The van der Waals surface area contributed by atoms with Crippen molar-refractivity contribution >= 4 is 21.8 Å². The Balaban J connectivity index is 1.22. The molecule has 1 heteroatoms. The maximum Gasteiger partial charge on any atom is 0.0725 e. The van der Waals surface area contributed by atoms with E-state index >= 15 is 0 Å². The SMILES string of the molecule is CC(C)(C)c1ccc(CC(C)(C)c2cccc3c2-c2ccccc2C32c3ccccc3-c3ccccc32)c2c3ccccc3n(-c3ccccc3)c12. The zero-order valence-electron chi connectivity index (χ0n) is 30.7. The first-order valence-corrected chi connectivity index (χ1v) is 18.8. The Morgan fingerprint density at radius 1 is 0.481 bits per heavy atom. The predicted octanol–water partition coefficient (Wildman–Crippen LogP) is 12.9. The van der Waals surface area contributed by atoms with E-state index in [1.165, 1.54) is 88.7 Å². The Hall–Kier alpha value is -5.66. The number of hydrogen-bond acceptors (Lipinski definition) is 0. The molecule has 0 atom stereocenters. The molecule has 52 heavy (non-hydrogen) atoms. The highest BCUT2D eigenvalue weighted by Gasteiger charge is 2.52. The minimum Gasteiger partial charge on any atom is -0.309 e. The molecule has 0 unspecified atom stereocenters. The summed E-state index contributed by atoms with van der Waals surface area (Å²) in [7, 11) is 0. The highest BCUT2D eigenvalue weighted by atomic mass is 15.0. The van der Waals surface area contributed by atoms with E-state index in [1.54, 1.807) is 0 Å². The normalized spacial score (nSPS) is 14.1. The average molecular weight is 670 g/mol. The van der Waals surface area contributed by atoms with Gasteiger partial charge in [0.2, 0.25) is 0 Å². The highest BCUT2D eigenvalue weighted by molar-refractivity contribution is 6.12. The molecule has 1 aromatic heterocycles. The summed E-state index contributed by atoms with van der Waals surface area (Å²) in [6, 6.07) is 59.3. The molecule has 1 heterocycles. The summed E-state index contributed by atoms with van der Waals surface area (Å²) in [6.07, 6.45) is 0.912. The second-order valence-electron chi connectivity index (χ2n) is 16.6. The number of fused-ring (bicyclic) bond motifs is 13. The van der Waals surface area contributed by atoms with E-state index in [-0.39, 0.29) is 16.2 Å². The van der Waals surface area contributed by atoms with E-state index in [1.807, 2.05) is 0 Å². The van der Waals surface area contributed by atoms with Crippen LogP contribution in [0.25, 0.3) is 49.7 Å². The number of benzene rings is 7. The van der Waals surface area contributed by atoms with Crippen molar-refractivity contribution in [2.24, 2.45) is 0 Å². The van der Waals surface area contributed by atoms with Crippen LogP contribution in [0.4, 0.5) is 0 Å². The molecular weight excluding hydrogens is 627 g/mol. The Morgan fingerprint density at radius 3 is 1.71 bits per heavy atom. The molecule has 1 nitrogen and oxygen atoms in total. The molecule has 0 radical (unpaired) electrons. The Bertz CT molecular complexity index is 2670. The number of aromatic nitrogens is 1. The molecule has 0 N–H and O–H groups in total. The second-order valence-corrected chi connectivity index (χ2v) is 16.6. The van der Waals surface area contributed by atoms with Gasteiger partial charge in [0, 0.05) is 16.5 Å². The van der Waals surface area contributed by atoms with Crippen molar-refractivity contribution in [1.82, 2.24) is 4.57 Å². The van der Waals surface area contributed by atoms with Crippen molar-refractivity contribution in [3.05, 3.63) is 197 Å². The molecule has 2 aliphatic carbocycles. The van der Waals surface area contributed by atoms with E-state index < -0.39 is 0 Å². The lowest BCUT2D eigenvalue weighted by Crippen LogP contribution is -2.27. The van der Waals surface area contributed by atoms with Crippen molar-refractivity contribution in [1.29, 1.82) is 0 Å². The number of rotatable bonds is 4. The third-order valence-electron chi connectivity index (χ3n) is 12.1. The first kappa shape index (κ1) is 31.1. The maximum atomic E-state index is 2.51. The molecule has 2 aliphatic rings. The molecule has 1 spiro atoms. The summed E-state index contributed by atoms with van der Waals surface area (Å²) in [4.78, 5) is 0. The summed E-state index contributed by atoms with van der Waals surface area (Å²) in [5.41, 5.74) is 18.5. The van der Waals surface area contributed by atoms with Crippen molar-refractivity contribution < 1.29 is 0 Å². The summed E-state index contributed by atoms with van der Waals surface area (Å²) in [5.74, 6) is 0. The smallest absolute Gasteiger partial charge is 0.0725 e. The van der Waals surface area contributed by atoms with Crippen molar-refractivity contribution in [3.8, 4) is 27.9 Å². The Morgan fingerprint density at radius 2 is 1.04 bits per heavy atom. The molecule has 0 saturated carbocycles. The fourth-order valence-corrected chi connectivity index (χ4v) is 10.0. The van der Waals surface area contributed by atoms with E-state index in [0.717, 1.165) is 6.42 Å². The van der Waals surface area contributed by atoms with Gasteiger partial charge in [-0.05, 0) is 96.6 Å². The van der Waals surface area contributed by atoms with Crippen LogP contribution in [0.1, 0.15) is 73.6 Å². The van der Waals surface area contributed by atoms with Crippen molar-refractivity contribution in [2.45, 2.75) is 57.3 Å². The van der Waals surface area contributed by atoms with Gasteiger partial charge in [0.25, 0.3) is 0 Å². The van der Waals surface area contributed by atoms with E-state index in [4.69, 9.17) is 0 Å². The van der Waals surface area contributed by atoms with Crippen LogP contribution in [0.15, 0.2) is 158 Å². The van der Waals surface area contributed by atoms with Crippen molar-refractivity contribution in [3.63, 3.8) is 0 Å². The zero-order chi connectivity index (χ0) is 35.4. The molecule has 0 saturated heterocycles. The third kappa shape index (κ3) is 4.11. The van der Waals surface area contributed by atoms with Crippen LogP contribution in [0.3, 0.4) is 0 Å². The number of para-hydroxylation sites is 2. The van der Waals surface area contributed by atoms with Crippen LogP contribution in [-0.4, -0.2) is 4.57 Å². The largest absolute Gasteiger partial charge is 0.309 e. The van der Waals surface area contributed by atoms with Gasteiger partial charge in [0.15, 0.2) is 0 Å². The first-order valence-electron chi connectivity index (χ1n) is 18.8. The Labute approximate surface area is 307 Å². The maximum absolute atomic E-state index is 2.51. The van der Waals surface area contributed by atoms with Gasteiger partial charge >= 0.3 is 0 Å². The molecule has 0 amide bonds. The Kier molecular flexibility index (Phi) is 6.53. The quantitative estimate of drug-likeness (QED) is 0.176. The van der Waals surface area contributed by atoms with Gasteiger partial charge in [0.1, 0.15) is 0 Å². The van der Waals surface area contributed by atoms with Gasteiger partial charge in [-0.1, -0.05) is 174 Å². The van der Waals surface area contributed by atoms with E-state index in [9.17, 15) is 0 Å². The molecule has 0 aliphatic heterocycles. The second kappa shape index (κ2) is 10.9. The molecule has 8 aromatic rings. The van der Waals surface area contributed by atoms with Gasteiger partial charge < -0.3 is 4.57 Å². The van der Waals surface area contributed by atoms with Crippen LogP contribution >= 0.6 is 0 Å². The summed E-state index contributed by atoms with van der Waals surface area (Å²) < 4.78 is 2.51. The lowest BCUT2D eigenvalue weighted by Gasteiger charge is -2.32. The molecule has 252 valence electrons. The summed E-state index contributed by atoms with van der Waals surface area (Å²) in [5, 5.41) is 2.70. The fourth-order valence-electron chi connectivity index (χ4n) is 10.0. The number of hydrogen-bond donors (Lipinski definition) is 0. The van der Waals surface area contributed by atoms with Crippen LogP contribution in [-0.2, 0) is 22.7 Å². The van der Waals surface area contributed by atoms with Crippen LogP contribution < -0.4 is 0 Å². The lowest BCUT2D eigenvalue weighted by molar-refractivity contribution is 0.525. The molecular formula is C51H43N. The summed E-state index contributed by atoms with van der Waals surface area (Å²) >= 11 is 0. The van der Waals surface area contributed by atoms with Crippen LogP contribution in [0.2, 0.25) is 0 Å². The molecule has 10 rings (SSSR count). The molecule has 7 aromatic carbocycles. The zero-order valence-corrected chi connectivity index (χ0v) is 30.7. The van der Waals surface area contributed by atoms with E-state index in [2.05, 4.69) is 197 Å². The van der Waals surface area contributed by atoms with Gasteiger partial charge in [-0.15, -0.1) is 0 Å². The van der Waals surface area contributed by atoms with Gasteiger partial charge in [0.05, 0.1) is 16.4 Å². The van der Waals surface area contributed by atoms with Gasteiger partial charge in [-0.3, -0.25) is 0 Å². The third-order valence-corrected chi connectivity index (χ3v) is 12.1. The monoisotopic (exact) mass is 669 g/mol. The van der Waals surface area contributed by atoms with Crippen LogP contribution in [0.5, 0.6) is 0 Å². The first-order chi connectivity index (χ1) is 25.2.